The Kier molecular flexibility index (Phi) is 7.55. The molecule has 6 heteroatoms. The Bertz CT molecular complexity index is 804. The quantitative estimate of drug-likeness (QED) is 0.646. The number of rotatable bonds is 8. The Hall–Kier alpha value is -2.89. The fourth-order valence-corrected chi connectivity index (χ4v) is 2.97. The van der Waals surface area contributed by atoms with Gasteiger partial charge in [0.05, 0.1) is 5.56 Å². The average Bonchev–Trinajstić information content (AvgIpc) is 2.68. The summed E-state index contributed by atoms with van der Waals surface area (Å²) >= 11 is 0. The zero-order chi connectivity index (χ0) is 20.7. The van der Waals surface area contributed by atoms with Crippen LogP contribution >= 0.6 is 0 Å². The van der Waals surface area contributed by atoms with E-state index >= 15 is 0 Å². The molecule has 1 unspecified atom stereocenters. The highest BCUT2D eigenvalue weighted by Crippen LogP contribution is 2.16. The minimum absolute atomic E-state index is 0.233. The maximum atomic E-state index is 13.3. The van der Waals surface area contributed by atoms with Crippen molar-refractivity contribution in [2.24, 2.45) is 0 Å². The lowest BCUT2D eigenvalue weighted by molar-refractivity contribution is -0.139. The van der Waals surface area contributed by atoms with Gasteiger partial charge >= 0.3 is 5.97 Å². The first kappa shape index (κ1) is 21.4. The average molecular weight is 386 g/mol. The first-order valence-corrected chi connectivity index (χ1v) is 9.41. The molecule has 0 spiro atoms. The highest BCUT2D eigenvalue weighted by atomic mass is 19.1. The molecule has 0 heterocycles. The molecular weight excluding hydrogens is 359 g/mol. The number of benzene rings is 2. The number of ether oxygens (including phenoxy) is 1. The topological polar surface area (TPSA) is 49.9 Å². The molecule has 0 radical (unpaired) electrons. The van der Waals surface area contributed by atoms with Crippen molar-refractivity contribution >= 4 is 17.6 Å². The van der Waals surface area contributed by atoms with Gasteiger partial charge in [0.25, 0.3) is 5.91 Å². The van der Waals surface area contributed by atoms with Crippen LogP contribution < -0.4 is 4.90 Å². The van der Waals surface area contributed by atoms with E-state index in [1.807, 2.05) is 12.1 Å². The molecule has 0 bridgehead atoms. The fourth-order valence-electron chi connectivity index (χ4n) is 2.97. The van der Waals surface area contributed by atoms with E-state index in [4.69, 9.17) is 4.74 Å². The van der Waals surface area contributed by atoms with Crippen LogP contribution in [0.2, 0.25) is 0 Å². The molecule has 1 atom stereocenters. The van der Waals surface area contributed by atoms with Crippen molar-refractivity contribution in [2.45, 2.75) is 33.4 Å². The van der Waals surface area contributed by atoms with Crippen molar-refractivity contribution in [3.05, 3.63) is 65.5 Å². The smallest absolute Gasteiger partial charge is 0.338 e. The lowest BCUT2D eigenvalue weighted by Gasteiger charge is -2.22. The van der Waals surface area contributed by atoms with Crippen LogP contribution in [-0.4, -0.2) is 43.0 Å². The third kappa shape index (κ3) is 5.55. The maximum Gasteiger partial charge on any atom is 0.338 e. The van der Waals surface area contributed by atoms with Crippen molar-refractivity contribution in [3.63, 3.8) is 0 Å². The first-order valence-electron chi connectivity index (χ1n) is 9.41. The van der Waals surface area contributed by atoms with E-state index in [1.165, 1.54) is 24.0 Å². The van der Waals surface area contributed by atoms with Gasteiger partial charge in [-0.3, -0.25) is 4.79 Å². The number of nitrogens with zero attached hydrogens (tertiary/aromatic N) is 2. The summed E-state index contributed by atoms with van der Waals surface area (Å²) in [6.45, 7) is 7.66. The molecule has 0 saturated carbocycles. The molecule has 0 aromatic heterocycles. The molecule has 5 nitrogen and oxygen atoms in total. The lowest BCUT2D eigenvalue weighted by Crippen LogP contribution is -2.37. The monoisotopic (exact) mass is 386 g/mol. The summed E-state index contributed by atoms with van der Waals surface area (Å²) < 4.78 is 18.6. The number of carbonyl (C=O) groups is 2. The van der Waals surface area contributed by atoms with Crippen molar-refractivity contribution in [1.82, 2.24) is 4.90 Å². The van der Waals surface area contributed by atoms with Crippen molar-refractivity contribution < 1.29 is 18.7 Å². The number of anilines is 1. The van der Waals surface area contributed by atoms with Gasteiger partial charge in [-0.25, -0.2) is 9.18 Å². The summed E-state index contributed by atoms with van der Waals surface area (Å²) in [6.07, 6.45) is -0.937. The number of carbonyl (C=O) groups excluding carboxylic acids is 2. The molecule has 0 aliphatic carbocycles. The number of halogens is 1. The Morgan fingerprint density at radius 3 is 2.29 bits per heavy atom. The van der Waals surface area contributed by atoms with Crippen molar-refractivity contribution in [1.29, 1.82) is 0 Å². The molecule has 28 heavy (non-hydrogen) atoms. The molecule has 0 N–H and O–H groups in total. The summed E-state index contributed by atoms with van der Waals surface area (Å²) in [4.78, 5) is 28.4. The Balaban J connectivity index is 1.96. The van der Waals surface area contributed by atoms with Crippen LogP contribution in [-0.2, 0) is 16.1 Å². The molecule has 1 amide bonds. The Morgan fingerprint density at radius 1 is 1.07 bits per heavy atom. The summed E-state index contributed by atoms with van der Waals surface area (Å²) in [5.41, 5.74) is 2.09. The molecule has 0 aliphatic rings. The van der Waals surface area contributed by atoms with Gasteiger partial charge in [-0.15, -0.1) is 0 Å². The van der Waals surface area contributed by atoms with Gasteiger partial charge in [0.15, 0.2) is 6.10 Å². The van der Waals surface area contributed by atoms with Gasteiger partial charge in [-0.1, -0.05) is 12.1 Å². The molecular formula is C22H27FN2O3. The van der Waals surface area contributed by atoms with E-state index in [2.05, 4.69) is 18.7 Å². The Morgan fingerprint density at radius 2 is 1.71 bits per heavy atom. The lowest BCUT2D eigenvalue weighted by atomic mass is 10.2. The minimum Gasteiger partial charge on any atom is -0.449 e. The highest BCUT2D eigenvalue weighted by molar-refractivity contribution is 5.92. The van der Waals surface area contributed by atoms with Crippen LogP contribution in [0.3, 0.4) is 0 Å². The number of esters is 1. The molecule has 0 aliphatic heterocycles. The predicted octanol–water partition coefficient (Wildman–Crippen LogP) is 3.88. The predicted molar refractivity (Wildman–Crippen MR) is 108 cm³/mol. The van der Waals surface area contributed by atoms with Gasteiger partial charge in [-0.2, -0.15) is 0 Å². The van der Waals surface area contributed by atoms with Crippen LogP contribution in [0.15, 0.2) is 48.5 Å². The summed E-state index contributed by atoms with van der Waals surface area (Å²) in [5.74, 6) is -1.26. The number of hydrogen-bond acceptors (Lipinski definition) is 4. The van der Waals surface area contributed by atoms with E-state index in [0.29, 0.717) is 11.1 Å². The van der Waals surface area contributed by atoms with E-state index < -0.39 is 12.1 Å². The fraction of sp³-hybridized carbons (Fsp3) is 0.364. The van der Waals surface area contributed by atoms with E-state index in [1.54, 1.807) is 31.3 Å². The molecule has 150 valence electrons. The summed E-state index contributed by atoms with van der Waals surface area (Å²) in [7, 11) is 1.59. The second kappa shape index (κ2) is 9.88. The zero-order valence-corrected chi connectivity index (χ0v) is 16.8. The van der Waals surface area contributed by atoms with Gasteiger partial charge in [0, 0.05) is 32.4 Å². The van der Waals surface area contributed by atoms with Crippen LogP contribution in [0.25, 0.3) is 0 Å². The van der Waals surface area contributed by atoms with Crippen LogP contribution in [0, 0.1) is 5.82 Å². The highest BCUT2D eigenvalue weighted by Gasteiger charge is 2.22. The van der Waals surface area contributed by atoms with Gasteiger partial charge in [0.2, 0.25) is 0 Å². The normalized spacial score (nSPS) is 11.6. The van der Waals surface area contributed by atoms with Crippen molar-refractivity contribution in [3.8, 4) is 0 Å². The van der Waals surface area contributed by atoms with E-state index in [0.717, 1.165) is 18.8 Å². The molecule has 0 saturated heterocycles. The van der Waals surface area contributed by atoms with Crippen LogP contribution in [0.4, 0.5) is 10.1 Å². The maximum absolute atomic E-state index is 13.3. The second-order valence-electron chi connectivity index (χ2n) is 6.59. The number of likely N-dealkylation sites (N-methyl/N-ethyl adjacent to an activating group) is 1. The molecule has 2 rings (SSSR count). The van der Waals surface area contributed by atoms with Crippen molar-refractivity contribution in [2.75, 3.05) is 25.0 Å². The van der Waals surface area contributed by atoms with Gasteiger partial charge < -0.3 is 14.5 Å². The SMILES string of the molecule is CCN(CC)c1ccc(C(=O)OC(C)C(=O)N(C)Cc2cccc(F)c2)cc1. The largest absolute Gasteiger partial charge is 0.449 e. The van der Waals surface area contributed by atoms with E-state index in [9.17, 15) is 14.0 Å². The Labute approximate surface area is 165 Å². The number of hydrogen-bond donors (Lipinski definition) is 0. The van der Waals surface area contributed by atoms with Gasteiger partial charge in [-0.05, 0) is 62.7 Å². The third-order valence-corrected chi connectivity index (χ3v) is 4.55. The first-order chi connectivity index (χ1) is 13.3. The molecule has 2 aromatic rings. The van der Waals surface area contributed by atoms with E-state index in [-0.39, 0.29) is 18.3 Å². The molecule has 0 fully saturated rings. The second-order valence-corrected chi connectivity index (χ2v) is 6.59. The summed E-state index contributed by atoms with van der Waals surface area (Å²) in [5, 5.41) is 0. The zero-order valence-electron chi connectivity index (χ0n) is 16.8. The van der Waals surface area contributed by atoms with Crippen LogP contribution in [0.1, 0.15) is 36.7 Å². The third-order valence-electron chi connectivity index (χ3n) is 4.55. The van der Waals surface area contributed by atoms with Crippen LogP contribution in [0.5, 0.6) is 0 Å². The number of amides is 1. The minimum atomic E-state index is -0.937. The van der Waals surface area contributed by atoms with Gasteiger partial charge in [0.1, 0.15) is 5.82 Å². The molecule has 2 aromatic carbocycles. The summed E-state index contributed by atoms with van der Waals surface area (Å²) in [6, 6.07) is 13.2. The standard InChI is InChI=1S/C22H27FN2O3/c1-5-25(6-2)20-12-10-18(11-13-20)22(27)28-16(3)21(26)24(4)15-17-8-7-9-19(23)14-17/h7-14,16H,5-6,15H2,1-4H3.